The second-order valence-electron chi connectivity index (χ2n) is 10.5. The highest BCUT2D eigenvalue weighted by Crippen LogP contribution is 2.73. The van der Waals surface area contributed by atoms with Gasteiger partial charge in [-0.25, -0.2) is 0 Å². The maximum absolute atomic E-state index is 13.8. The quantitative estimate of drug-likeness (QED) is 0.678. The van der Waals surface area contributed by atoms with Gasteiger partial charge in [-0.2, -0.15) is 0 Å². The first-order valence-electron chi connectivity index (χ1n) is 11.9. The number of ether oxygens (including phenoxy) is 1. The number of carbonyl (C=O) groups is 1. The molecule has 1 amide bonds. The number of piperidine rings is 1. The van der Waals surface area contributed by atoms with E-state index in [1.54, 1.807) is 18.0 Å². The SMILES string of the molecule is CN(Cc1ccccc1)C(=O)C1=C[C@@]23CC[C@]1(O)[C@@H]1Oc4c(O)ccc5c4[C@@]12CCN[C@@H]3C5. The minimum absolute atomic E-state index is 0.127. The Hall–Kier alpha value is -2.83. The van der Waals surface area contributed by atoms with Crippen LogP contribution in [0, 0.1) is 5.41 Å². The predicted octanol–water partition coefficient (Wildman–Crippen LogP) is 2.42. The number of amides is 1. The lowest BCUT2D eigenvalue weighted by molar-refractivity contribution is -0.170. The monoisotopic (exact) mass is 444 g/mol. The number of phenols is 1. The molecule has 2 aromatic rings. The van der Waals surface area contributed by atoms with E-state index in [1.807, 2.05) is 36.4 Å². The molecule has 4 aliphatic carbocycles. The summed E-state index contributed by atoms with van der Waals surface area (Å²) in [4.78, 5) is 15.5. The van der Waals surface area contributed by atoms with Crippen LogP contribution < -0.4 is 10.1 Å². The van der Waals surface area contributed by atoms with Gasteiger partial charge in [0, 0.05) is 36.2 Å². The molecule has 2 fully saturated rings. The fourth-order valence-electron chi connectivity index (χ4n) is 7.89. The summed E-state index contributed by atoms with van der Waals surface area (Å²) in [6.07, 6.45) is 4.47. The van der Waals surface area contributed by atoms with Gasteiger partial charge in [0.05, 0.1) is 5.41 Å². The van der Waals surface area contributed by atoms with Gasteiger partial charge >= 0.3 is 0 Å². The van der Waals surface area contributed by atoms with Crippen LogP contribution >= 0.6 is 0 Å². The topological polar surface area (TPSA) is 82.0 Å². The van der Waals surface area contributed by atoms with Crippen molar-refractivity contribution in [3.63, 3.8) is 0 Å². The molecule has 4 bridgehead atoms. The van der Waals surface area contributed by atoms with Gasteiger partial charge in [0.2, 0.25) is 0 Å². The molecule has 6 nitrogen and oxygen atoms in total. The van der Waals surface area contributed by atoms with Crippen LogP contribution in [0.4, 0.5) is 0 Å². The van der Waals surface area contributed by atoms with Gasteiger partial charge in [0.1, 0.15) is 11.7 Å². The highest BCUT2D eigenvalue weighted by atomic mass is 16.5. The molecule has 0 unspecified atom stereocenters. The van der Waals surface area contributed by atoms with Crippen LogP contribution in [0.5, 0.6) is 11.5 Å². The molecule has 2 spiro atoms. The van der Waals surface area contributed by atoms with E-state index in [-0.39, 0.29) is 23.1 Å². The van der Waals surface area contributed by atoms with Crippen molar-refractivity contribution in [2.75, 3.05) is 13.6 Å². The number of nitrogens with one attached hydrogen (secondary N) is 1. The number of nitrogens with zero attached hydrogens (tertiary/aromatic N) is 1. The van der Waals surface area contributed by atoms with E-state index < -0.39 is 17.1 Å². The van der Waals surface area contributed by atoms with E-state index in [0.29, 0.717) is 24.3 Å². The first-order valence-corrected chi connectivity index (χ1v) is 11.9. The average Bonchev–Trinajstić information content (AvgIpc) is 3.18. The van der Waals surface area contributed by atoms with Crippen LogP contribution in [0.15, 0.2) is 54.1 Å². The number of benzene rings is 2. The van der Waals surface area contributed by atoms with E-state index in [9.17, 15) is 15.0 Å². The molecule has 8 rings (SSSR count). The van der Waals surface area contributed by atoms with Crippen molar-refractivity contribution >= 4 is 5.91 Å². The second-order valence-corrected chi connectivity index (χ2v) is 10.5. The summed E-state index contributed by atoms with van der Waals surface area (Å²) in [7, 11) is 1.80. The summed E-state index contributed by atoms with van der Waals surface area (Å²) < 4.78 is 6.48. The Balaban J connectivity index is 1.38. The molecule has 6 aliphatic rings. The number of hydrogen-bond donors (Lipinski definition) is 3. The van der Waals surface area contributed by atoms with Crippen molar-refractivity contribution in [2.24, 2.45) is 5.41 Å². The largest absolute Gasteiger partial charge is 0.504 e. The summed E-state index contributed by atoms with van der Waals surface area (Å²) in [6.45, 7) is 1.31. The van der Waals surface area contributed by atoms with Crippen molar-refractivity contribution < 1.29 is 19.7 Å². The standard InChI is InChI=1S/C27H28N2O4/c1-29(15-16-5-3-2-4-6-16)23(31)18-14-25-9-10-27(18,32)24-26(25)11-12-28-20(25)13-17-7-8-19(30)22(33-24)21(17)26/h2-8,14,20,24,28,30,32H,9-13,15H2,1H3/t20-,24-,25-,26+,27-/m1/s1. The van der Waals surface area contributed by atoms with Crippen LogP contribution in [0.3, 0.4) is 0 Å². The molecule has 3 N–H and O–H groups in total. The van der Waals surface area contributed by atoms with Gasteiger partial charge in [-0.15, -0.1) is 0 Å². The number of aliphatic hydroxyl groups is 1. The number of fused-ring (bicyclic) bond motifs is 1. The summed E-state index contributed by atoms with van der Waals surface area (Å²) in [5.74, 6) is 0.493. The van der Waals surface area contributed by atoms with Crippen LogP contribution in [0.1, 0.15) is 36.0 Å². The number of hydrogen-bond acceptors (Lipinski definition) is 5. The zero-order valence-electron chi connectivity index (χ0n) is 18.7. The third kappa shape index (κ3) is 2.15. The smallest absolute Gasteiger partial charge is 0.252 e. The molecule has 5 atom stereocenters. The third-order valence-electron chi connectivity index (χ3n) is 9.20. The van der Waals surface area contributed by atoms with Crippen LogP contribution in [0.25, 0.3) is 0 Å². The minimum atomic E-state index is -1.38. The summed E-state index contributed by atoms with van der Waals surface area (Å²) >= 11 is 0. The number of rotatable bonds is 3. The van der Waals surface area contributed by atoms with Crippen molar-refractivity contribution in [2.45, 2.75) is 55.4 Å². The molecule has 0 aromatic heterocycles. The fourth-order valence-corrected chi connectivity index (χ4v) is 7.89. The highest BCUT2D eigenvalue weighted by molar-refractivity contribution is 5.97. The lowest BCUT2D eigenvalue weighted by Gasteiger charge is -2.68. The van der Waals surface area contributed by atoms with Gasteiger partial charge in [-0.1, -0.05) is 42.5 Å². The fraction of sp³-hybridized carbons (Fsp3) is 0.444. The molecule has 170 valence electrons. The van der Waals surface area contributed by atoms with Crippen LogP contribution in [0.2, 0.25) is 0 Å². The Morgan fingerprint density at radius 1 is 1.18 bits per heavy atom. The van der Waals surface area contributed by atoms with Gasteiger partial charge in [-0.05, 0) is 49.4 Å². The minimum Gasteiger partial charge on any atom is -0.504 e. The molecule has 2 aromatic carbocycles. The van der Waals surface area contributed by atoms with E-state index in [1.165, 1.54) is 5.56 Å². The lowest BCUT2D eigenvalue weighted by atomic mass is 9.38. The zero-order valence-corrected chi connectivity index (χ0v) is 18.7. The molecular formula is C27H28N2O4. The lowest BCUT2D eigenvalue weighted by Crippen LogP contribution is -2.78. The van der Waals surface area contributed by atoms with E-state index in [0.717, 1.165) is 36.9 Å². The normalized spacial score (nSPS) is 36.6. The molecule has 2 aliphatic heterocycles. The van der Waals surface area contributed by atoms with Crippen molar-refractivity contribution in [1.82, 2.24) is 10.2 Å². The Morgan fingerprint density at radius 3 is 2.82 bits per heavy atom. The summed E-state index contributed by atoms with van der Waals surface area (Å²) in [6, 6.07) is 13.8. The summed E-state index contributed by atoms with van der Waals surface area (Å²) in [5.41, 5.74) is 1.65. The van der Waals surface area contributed by atoms with Crippen LogP contribution in [-0.2, 0) is 23.2 Å². The van der Waals surface area contributed by atoms with E-state index in [2.05, 4.69) is 11.4 Å². The first-order chi connectivity index (χ1) is 15.9. The molecule has 1 saturated carbocycles. The Morgan fingerprint density at radius 2 is 2.00 bits per heavy atom. The van der Waals surface area contributed by atoms with E-state index >= 15 is 0 Å². The zero-order chi connectivity index (χ0) is 22.6. The summed E-state index contributed by atoms with van der Waals surface area (Å²) in [5, 5.41) is 26.6. The number of phenolic OH excluding ortho intramolecular Hbond substituents is 1. The second kappa shape index (κ2) is 6.19. The van der Waals surface area contributed by atoms with E-state index in [4.69, 9.17) is 4.74 Å². The molecule has 2 heterocycles. The van der Waals surface area contributed by atoms with Crippen molar-refractivity contribution in [1.29, 1.82) is 0 Å². The van der Waals surface area contributed by atoms with Gasteiger partial charge in [0.15, 0.2) is 11.5 Å². The molecular weight excluding hydrogens is 416 g/mol. The molecule has 6 heteroatoms. The average molecular weight is 445 g/mol. The molecule has 1 saturated heterocycles. The molecule has 33 heavy (non-hydrogen) atoms. The third-order valence-corrected chi connectivity index (χ3v) is 9.20. The van der Waals surface area contributed by atoms with Gasteiger partial charge in [0.25, 0.3) is 5.91 Å². The number of carbonyl (C=O) groups excluding carboxylic acids is 1. The number of aromatic hydroxyl groups is 1. The Labute approximate surface area is 192 Å². The first kappa shape index (κ1) is 19.6. The Bertz CT molecular complexity index is 1230. The maximum Gasteiger partial charge on any atom is 0.252 e. The predicted molar refractivity (Wildman–Crippen MR) is 122 cm³/mol. The molecule has 0 radical (unpaired) electrons. The van der Waals surface area contributed by atoms with Crippen molar-refractivity contribution in [3.05, 3.63) is 70.8 Å². The van der Waals surface area contributed by atoms with Crippen LogP contribution in [-0.4, -0.2) is 52.4 Å². The Kier molecular flexibility index (Phi) is 3.68. The highest BCUT2D eigenvalue weighted by Gasteiger charge is 2.77. The van der Waals surface area contributed by atoms with Gasteiger partial charge in [-0.3, -0.25) is 4.79 Å². The number of likely N-dealkylation sites (N-methyl/N-ethyl adjacent to an activating group) is 1. The van der Waals surface area contributed by atoms with Gasteiger partial charge < -0.3 is 25.2 Å². The van der Waals surface area contributed by atoms with Crippen molar-refractivity contribution in [3.8, 4) is 11.5 Å². The maximum atomic E-state index is 13.8.